The van der Waals surface area contributed by atoms with Crippen molar-refractivity contribution in [2.24, 2.45) is 0 Å². The molecule has 2 heterocycles. The first-order chi connectivity index (χ1) is 13.0. The van der Waals surface area contributed by atoms with Crippen LogP contribution in [0.4, 0.5) is 4.39 Å². The van der Waals surface area contributed by atoms with Gasteiger partial charge >= 0.3 is 5.97 Å². The molecule has 0 unspecified atom stereocenters. The minimum Gasteiger partial charge on any atom is -0.469 e. The third kappa shape index (κ3) is 4.11. The third-order valence-electron chi connectivity index (χ3n) is 4.07. The molecule has 7 nitrogen and oxygen atoms in total. The topological polar surface area (TPSA) is 94.3 Å². The van der Waals surface area contributed by atoms with Gasteiger partial charge in [-0.3, -0.25) is 9.59 Å². The maximum atomic E-state index is 13.2. The molecule has 0 spiro atoms. The van der Waals surface area contributed by atoms with Gasteiger partial charge in [0.2, 0.25) is 0 Å². The zero-order valence-electron chi connectivity index (χ0n) is 14.9. The fraction of sp³-hybridized carbons (Fsp3) is 0.263. The van der Waals surface area contributed by atoms with E-state index < -0.39 is 0 Å². The van der Waals surface area contributed by atoms with Crippen LogP contribution < -0.4 is 5.32 Å². The lowest BCUT2D eigenvalue weighted by Crippen LogP contribution is -2.25. The number of aryl methyl sites for hydroxylation is 1. The number of halogens is 1. The Morgan fingerprint density at radius 1 is 1.26 bits per heavy atom. The van der Waals surface area contributed by atoms with E-state index in [2.05, 4.69) is 20.2 Å². The fourth-order valence-electron chi connectivity index (χ4n) is 2.67. The lowest BCUT2D eigenvalue weighted by atomic mass is 10.0. The van der Waals surface area contributed by atoms with Crippen LogP contribution in [0.2, 0.25) is 0 Å². The number of benzene rings is 1. The molecule has 0 aliphatic heterocycles. The number of hydrogen-bond acceptors (Lipinski definition) is 6. The molecular weight excluding hydrogens is 353 g/mol. The van der Waals surface area contributed by atoms with Crippen LogP contribution in [-0.2, 0) is 9.53 Å². The first kappa shape index (κ1) is 18.5. The van der Waals surface area contributed by atoms with Crippen molar-refractivity contribution in [2.75, 3.05) is 13.7 Å². The van der Waals surface area contributed by atoms with Crippen LogP contribution in [0.15, 0.2) is 34.9 Å². The number of carbonyl (C=O) groups excluding carboxylic acids is 2. The van der Waals surface area contributed by atoms with Crippen molar-refractivity contribution in [1.82, 2.24) is 15.5 Å². The van der Waals surface area contributed by atoms with Gasteiger partial charge in [-0.05, 0) is 43.7 Å². The molecule has 0 radical (unpaired) electrons. The Labute approximate surface area is 154 Å². The number of pyridine rings is 1. The number of carbonyl (C=O) groups is 2. The SMILES string of the molecule is COC(=O)CCCNC(=O)c1cc(-c2ccc(F)cc2)nc2onc(C)c12. The van der Waals surface area contributed by atoms with Crippen molar-refractivity contribution in [3.63, 3.8) is 0 Å². The van der Waals surface area contributed by atoms with Crippen molar-refractivity contribution in [2.45, 2.75) is 19.8 Å². The average Bonchev–Trinajstić information content (AvgIpc) is 3.05. The highest BCUT2D eigenvalue weighted by Gasteiger charge is 2.19. The van der Waals surface area contributed by atoms with Crippen molar-refractivity contribution in [3.8, 4) is 11.3 Å². The summed E-state index contributed by atoms with van der Waals surface area (Å²) in [6.45, 7) is 2.03. The van der Waals surface area contributed by atoms with Gasteiger partial charge in [-0.1, -0.05) is 5.16 Å². The number of nitrogens with zero attached hydrogens (tertiary/aromatic N) is 2. The van der Waals surface area contributed by atoms with Gasteiger partial charge in [-0.25, -0.2) is 9.37 Å². The monoisotopic (exact) mass is 371 g/mol. The summed E-state index contributed by atoms with van der Waals surface area (Å²) in [5.41, 5.74) is 2.25. The van der Waals surface area contributed by atoms with Gasteiger partial charge < -0.3 is 14.6 Å². The van der Waals surface area contributed by atoms with Crippen LogP contribution >= 0.6 is 0 Å². The quantitative estimate of drug-likeness (QED) is 0.529. The summed E-state index contributed by atoms with van der Waals surface area (Å²) in [4.78, 5) is 28.2. The summed E-state index contributed by atoms with van der Waals surface area (Å²) in [5.74, 6) is -1.02. The second-order valence-electron chi connectivity index (χ2n) is 5.95. The smallest absolute Gasteiger partial charge is 0.305 e. The van der Waals surface area contributed by atoms with E-state index in [1.165, 1.54) is 19.2 Å². The first-order valence-electron chi connectivity index (χ1n) is 8.37. The first-order valence-corrected chi connectivity index (χ1v) is 8.37. The molecular formula is C19H18FN3O4. The largest absolute Gasteiger partial charge is 0.469 e. The van der Waals surface area contributed by atoms with E-state index in [1.807, 2.05) is 0 Å². The molecule has 0 fully saturated rings. The molecule has 0 bridgehead atoms. The lowest BCUT2D eigenvalue weighted by Gasteiger charge is -2.08. The Balaban J connectivity index is 1.88. The highest BCUT2D eigenvalue weighted by Crippen LogP contribution is 2.27. The van der Waals surface area contributed by atoms with Crippen LogP contribution in [0.25, 0.3) is 22.4 Å². The molecule has 1 N–H and O–H groups in total. The number of fused-ring (bicyclic) bond motifs is 1. The highest BCUT2D eigenvalue weighted by molar-refractivity contribution is 6.07. The molecule has 3 aromatic rings. The van der Waals surface area contributed by atoms with Gasteiger partial charge in [-0.15, -0.1) is 0 Å². The Morgan fingerprint density at radius 2 is 2.00 bits per heavy atom. The molecule has 0 atom stereocenters. The van der Waals surface area contributed by atoms with Crippen molar-refractivity contribution in [3.05, 3.63) is 47.4 Å². The van der Waals surface area contributed by atoms with Gasteiger partial charge in [0.1, 0.15) is 5.82 Å². The van der Waals surface area contributed by atoms with Gasteiger partial charge in [0.05, 0.1) is 29.4 Å². The molecule has 1 aromatic carbocycles. The highest BCUT2D eigenvalue weighted by atomic mass is 19.1. The zero-order chi connectivity index (χ0) is 19.4. The van der Waals surface area contributed by atoms with E-state index in [9.17, 15) is 14.0 Å². The molecule has 2 aromatic heterocycles. The number of amides is 1. The average molecular weight is 371 g/mol. The molecule has 8 heteroatoms. The van der Waals surface area contributed by atoms with Gasteiger partial charge in [0.25, 0.3) is 11.6 Å². The van der Waals surface area contributed by atoms with Gasteiger partial charge in [0.15, 0.2) is 0 Å². The summed E-state index contributed by atoms with van der Waals surface area (Å²) < 4.78 is 23.0. The predicted molar refractivity (Wildman–Crippen MR) is 95.5 cm³/mol. The van der Waals surface area contributed by atoms with Gasteiger partial charge in [0, 0.05) is 18.5 Å². The molecule has 27 heavy (non-hydrogen) atoms. The van der Waals surface area contributed by atoms with Gasteiger partial charge in [-0.2, -0.15) is 0 Å². The lowest BCUT2D eigenvalue weighted by molar-refractivity contribution is -0.140. The maximum Gasteiger partial charge on any atom is 0.305 e. The minimum atomic E-state index is -0.362. The normalized spacial score (nSPS) is 10.8. The predicted octanol–water partition coefficient (Wildman–Crippen LogP) is 3.02. The zero-order valence-corrected chi connectivity index (χ0v) is 14.9. The van der Waals surface area contributed by atoms with E-state index in [1.54, 1.807) is 25.1 Å². The van der Waals surface area contributed by atoms with Crippen molar-refractivity contribution < 1.29 is 23.2 Å². The standard InChI is InChI=1S/C19H18FN3O4/c1-11-17-14(18(25)21-9-3-4-16(24)26-2)10-15(22-19(17)27-23-11)12-5-7-13(20)8-6-12/h5-8,10H,3-4,9H2,1-2H3,(H,21,25). The molecule has 0 saturated heterocycles. The van der Waals surface area contributed by atoms with Crippen molar-refractivity contribution in [1.29, 1.82) is 0 Å². The summed E-state index contributed by atoms with van der Waals surface area (Å²) in [5, 5.41) is 7.17. The second-order valence-corrected chi connectivity index (χ2v) is 5.95. The summed E-state index contributed by atoms with van der Waals surface area (Å²) in [7, 11) is 1.32. The third-order valence-corrected chi connectivity index (χ3v) is 4.07. The van der Waals surface area contributed by atoms with Crippen LogP contribution in [0.1, 0.15) is 28.9 Å². The Kier molecular flexibility index (Phi) is 5.44. The number of ether oxygens (including phenoxy) is 1. The molecule has 140 valence electrons. The molecule has 1 amide bonds. The van der Waals surface area contributed by atoms with E-state index >= 15 is 0 Å². The Bertz CT molecular complexity index is 983. The van der Waals surface area contributed by atoms with Crippen LogP contribution in [-0.4, -0.2) is 35.7 Å². The number of hydrogen-bond donors (Lipinski definition) is 1. The Hall–Kier alpha value is -3.29. The summed E-state index contributed by atoms with van der Waals surface area (Å²) in [6, 6.07) is 7.41. The van der Waals surface area contributed by atoms with Crippen LogP contribution in [0.5, 0.6) is 0 Å². The molecule has 3 rings (SSSR count). The van der Waals surface area contributed by atoms with E-state index in [4.69, 9.17) is 4.52 Å². The number of rotatable bonds is 6. The fourth-order valence-corrected chi connectivity index (χ4v) is 2.67. The Morgan fingerprint density at radius 3 is 2.70 bits per heavy atom. The van der Waals surface area contributed by atoms with Crippen molar-refractivity contribution >= 4 is 23.0 Å². The number of methoxy groups -OCH3 is 1. The van der Waals surface area contributed by atoms with E-state index in [0.717, 1.165) is 0 Å². The van der Waals surface area contributed by atoms with E-state index in [0.29, 0.717) is 40.9 Å². The maximum absolute atomic E-state index is 13.2. The molecule has 0 aliphatic carbocycles. The van der Waals surface area contributed by atoms with Crippen LogP contribution in [0, 0.1) is 12.7 Å². The summed E-state index contributed by atoms with van der Waals surface area (Å²) in [6.07, 6.45) is 0.676. The van der Waals surface area contributed by atoms with Crippen LogP contribution in [0.3, 0.4) is 0 Å². The van der Waals surface area contributed by atoms with E-state index in [-0.39, 0.29) is 29.8 Å². The molecule has 0 saturated carbocycles. The summed E-state index contributed by atoms with van der Waals surface area (Å²) >= 11 is 0. The molecule has 0 aliphatic rings. The minimum absolute atomic E-state index is 0.218. The number of nitrogens with one attached hydrogen (secondary N) is 1. The number of aromatic nitrogens is 2. The number of esters is 1. The second kappa shape index (κ2) is 7.94.